The number of hydrogen-bond donors (Lipinski definition) is 0. The topological polar surface area (TPSA) is 78.9 Å². The standard InChI is InChI=1S/C77H132O6/c1-4-7-10-13-16-19-22-24-26-28-30-32-33-34-35-36-37-38-39-40-41-42-43-45-46-48-50-52-55-58-61-64-67-70-76(79)82-73-74(72-81-75(78)69-66-63-60-57-54-21-18-15-12-9-6-3)83-77(80)71-68-65-62-59-56-53-51-49-47-44-31-29-27-25-23-20-17-14-11-8-5-2/h8,11,15,17-18,20,22,24-25,27-28,30-31,44,49,51,56,59,74H,4-7,9-10,12-14,16,19,21,23,26,29,32-43,45-48,50,52-55,57-58,60-73H2,1-3H3/b11-8-,18-15-,20-17-,24-22-,27-25-,30-28-,44-31-,51-49-,59-56-. The van der Waals surface area contributed by atoms with Gasteiger partial charge in [-0.3, -0.25) is 14.4 Å². The van der Waals surface area contributed by atoms with Crippen LogP contribution in [0.2, 0.25) is 0 Å². The number of esters is 3. The van der Waals surface area contributed by atoms with E-state index in [-0.39, 0.29) is 37.5 Å². The number of allylic oxidation sites excluding steroid dienone is 18. The Kier molecular flexibility index (Phi) is 67.2. The molecule has 1 unspecified atom stereocenters. The molecule has 0 aromatic carbocycles. The Morgan fingerprint density at radius 2 is 0.482 bits per heavy atom. The molecule has 0 rings (SSSR count). The Labute approximate surface area is 514 Å². The van der Waals surface area contributed by atoms with E-state index in [1.807, 2.05) is 0 Å². The summed E-state index contributed by atoms with van der Waals surface area (Å²) in [4.78, 5) is 38.3. The highest BCUT2D eigenvalue weighted by Crippen LogP contribution is 2.17. The maximum absolute atomic E-state index is 12.9. The monoisotopic (exact) mass is 1150 g/mol. The Bertz CT molecular complexity index is 1660. The van der Waals surface area contributed by atoms with Crippen molar-refractivity contribution in [2.45, 2.75) is 348 Å². The van der Waals surface area contributed by atoms with Crippen molar-refractivity contribution in [1.82, 2.24) is 0 Å². The first kappa shape index (κ1) is 79.1. The molecule has 0 saturated carbocycles. The van der Waals surface area contributed by atoms with Gasteiger partial charge in [-0.2, -0.15) is 0 Å². The van der Waals surface area contributed by atoms with Gasteiger partial charge >= 0.3 is 17.9 Å². The van der Waals surface area contributed by atoms with Gasteiger partial charge in [0.15, 0.2) is 6.10 Å². The number of hydrogen-bond acceptors (Lipinski definition) is 6. The van der Waals surface area contributed by atoms with Crippen LogP contribution in [0.4, 0.5) is 0 Å². The largest absolute Gasteiger partial charge is 0.462 e. The van der Waals surface area contributed by atoms with Crippen molar-refractivity contribution in [2.75, 3.05) is 13.2 Å². The highest BCUT2D eigenvalue weighted by molar-refractivity contribution is 5.71. The van der Waals surface area contributed by atoms with Crippen molar-refractivity contribution >= 4 is 17.9 Å². The lowest BCUT2D eigenvalue weighted by Gasteiger charge is -2.18. The lowest BCUT2D eigenvalue weighted by Crippen LogP contribution is -2.30. The van der Waals surface area contributed by atoms with Crippen molar-refractivity contribution in [3.63, 3.8) is 0 Å². The molecule has 0 heterocycles. The van der Waals surface area contributed by atoms with Crippen LogP contribution in [0, 0.1) is 0 Å². The van der Waals surface area contributed by atoms with E-state index in [0.29, 0.717) is 19.3 Å². The van der Waals surface area contributed by atoms with E-state index in [0.717, 1.165) is 109 Å². The smallest absolute Gasteiger partial charge is 0.306 e. The molecule has 6 nitrogen and oxygen atoms in total. The van der Waals surface area contributed by atoms with E-state index < -0.39 is 6.10 Å². The molecule has 476 valence electrons. The molecule has 6 heteroatoms. The second kappa shape index (κ2) is 70.6. The second-order valence-electron chi connectivity index (χ2n) is 23.4. The van der Waals surface area contributed by atoms with E-state index in [9.17, 15) is 14.4 Å². The number of carbonyl (C=O) groups excluding carboxylic acids is 3. The van der Waals surface area contributed by atoms with Crippen molar-refractivity contribution in [3.8, 4) is 0 Å². The molecular formula is C77H132O6. The summed E-state index contributed by atoms with van der Waals surface area (Å²) in [6, 6.07) is 0. The molecule has 1 atom stereocenters. The first-order valence-electron chi connectivity index (χ1n) is 35.4. The summed E-state index contributed by atoms with van der Waals surface area (Å²) in [5.74, 6) is -0.940. The van der Waals surface area contributed by atoms with Crippen LogP contribution < -0.4 is 0 Å². The summed E-state index contributed by atoms with van der Waals surface area (Å²) in [6.45, 7) is 6.46. The third kappa shape index (κ3) is 68.7. The van der Waals surface area contributed by atoms with E-state index in [1.54, 1.807) is 0 Å². The molecule has 0 radical (unpaired) electrons. The van der Waals surface area contributed by atoms with E-state index in [4.69, 9.17) is 14.2 Å². The summed E-state index contributed by atoms with van der Waals surface area (Å²) in [6.07, 6.45) is 97.1. The van der Waals surface area contributed by atoms with Gasteiger partial charge in [0, 0.05) is 19.3 Å². The molecule has 0 aliphatic carbocycles. The molecule has 0 spiro atoms. The summed E-state index contributed by atoms with van der Waals surface area (Å²) in [7, 11) is 0. The predicted octanol–water partition coefficient (Wildman–Crippen LogP) is 24.6. The summed E-state index contributed by atoms with van der Waals surface area (Å²) < 4.78 is 16.9. The zero-order valence-corrected chi connectivity index (χ0v) is 54.7. The van der Waals surface area contributed by atoms with Gasteiger partial charge in [-0.1, -0.05) is 310 Å². The van der Waals surface area contributed by atoms with Gasteiger partial charge in [-0.25, -0.2) is 0 Å². The minimum Gasteiger partial charge on any atom is -0.462 e. The van der Waals surface area contributed by atoms with Crippen molar-refractivity contribution in [1.29, 1.82) is 0 Å². The van der Waals surface area contributed by atoms with Crippen LogP contribution in [0.25, 0.3) is 0 Å². The number of unbranched alkanes of at least 4 members (excludes halogenated alkanes) is 35. The minimum absolute atomic E-state index is 0.0967. The van der Waals surface area contributed by atoms with Crippen molar-refractivity contribution in [2.24, 2.45) is 0 Å². The third-order valence-electron chi connectivity index (χ3n) is 15.2. The van der Waals surface area contributed by atoms with Crippen LogP contribution in [0.1, 0.15) is 342 Å². The summed E-state index contributed by atoms with van der Waals surface area (Å²) >= 11 is 0. The van der Waals surface area contributed by atoms with Crippen molar-refractivity contribution < 1.29 is 28.6 Å². The van der Waals surface area contributed by atoms with Crippen LogP contribution in [-0.2, 0) is 28.6 Å². The van der Waals surface area contributed by atoms with Gasteiger partial charge in [0.2, 0.25) is 0 Å². The number of rotatable bonds is 64. The SMILES string of the molecule is CC/C=C\C/C=C\C/C=C\C/C=C\C/C=C\C/C=C\CCCCC(=O)OC(COC(=O)CCCCCCC/C=C\CCCC)COC(=O)CCCCCCCCCCCCCCCCCCCCCCC/C=C\C/C=C\CCCCCCC. The van der Waals surface area contributed by atoms with E-state index >= 15 is 0 Å². The Morgan fingerprint density at radius 3 is 0.807 bits per heavy atom. The van der Waals surface area contributed by atoms with Crippen LogP contribution in [0.3, 0.4) is 0 Å². The molecule has 0 aliphatic rings. The Balaban J connectivity index is 4.19. The average molecular weight is 1150 g/mol. The first-order chi connectivity index (χ1) is 41.0. The van der Waals surface area contributed by atoms with Gasteiger partial charge in [0.25, 0.3) is 0 Å². The lowest BCUT2D eigenvalue weighted by atomic mass is 10.0. The van der Waals surface area contributed by atoms with E-state index in [1.165, 1.54) is 186 Å². The normalized spacial score (nSPS) is 12.8. The van der Waals surface area contributed by atoms with Gasteiger partial charge in [-0.15, -0.1) is 0 Å². The lowest BCUT2D eigenvalue weighted by molar-refractivity contribution is -0.167. The van der Waals surface area contributed by atoms with Crippen LogP contribution in [0.15, 0.2) is 109 Å². The Morgan fingerprint density at radius 1 is 0.253 bits per heavy atom. The second-order valence-corrected chi connectivity index (χ2v) is 23.4. The van der Waals surface area contributed by atoms with Gasteiger partial charge in [0.1, 0.15) is 13.2 Å². The molecule has 0 fully saturated rings. The number of carbonyl (C=O) groups is 3. The molecule has 0 aromatic rings. The zero-order chi connectivity index (χ0) is 59.9. The molecule has 0 saturated heterocycles. The zero-order valence-electron chi connectivity index (χ0n) is 54.7. The predicted molar refractivity (Wildman–Crippen MR) is 362 cm³/mol. The molecule has 0 amide bonds. The average Bonchev–Trinajstić information content (AvgIpc) is 3.48. The van der Waals surface area contributed by atoms with Crippen LogP contribution in [-0.4, -0.2) is 37.2 Å². The fraction of sp³-hybridized carbons (Fsp3) is 0.727. The highest BCUT2D eigenvalue weighted by Gasteiger charge is 2.19. The third-order valence-corrected chi connectivity index (χ3v) is 15.2. The summed E-state index contributed by atoms with van der Waals surface area (Å²) in [5, 5.41) is 0. The van der Waals surface area contributed by atoms with E-state index in [2.05, 4.69) is 130 Å². The van der Waals surface area contributed by atoms with Crippen molar-refractivity contribution in [3.05, 3.63) is 109 Å². The summed E-state index contributed by atoms with van der Waals surface area (Å²) in [5.41, 5.74) is 0. The fourth-order valence-electron chi connectivity index (χ4n) is 9.93. The van der Waals surface area contributed by atoms with Gasteiger partial charge < -0.3 is 14.2 Å². The molecular weight excluding hydrogens is 1020 g/mol. The van der Waals surface area contributed by atoms with Crippen LogP contribution in [0.5, 0.6) is 0 Å². The molecule has 0 aromatic heterocycles. The maximum atomic E-state index is 12.9. The first-order valence-corrected chi connectivity index (χ1v) is 35.4. The quantitative estimate of drug-likeness (QED) is 0.0261. The maximum Gasteiger partial charge on any atom is 0.306 e. The molecule has 0 aliphatic heterocycles. The Hall–Kier alpha value is -3.93. The van der Waals surface area contributed by atoms with Crippen LogP contribution >= 0.6 is 0 Å². The fourth-order valence-corrected chi connectivity index (χ4v) is 9.93. The molecule has 83 heavy (non-hydrogen) atoms. The van der Waals surface area contributed by atoms with Gasteiger partial charge in [0.05, 0.1) is 0 Å². The number of ether oxygens (including phenoxy) is 3. The molecule has 0 bridgehead atoms. The van der Waals surface area contributed by atoms with Gasteiger partial charge in [-0.05, 0) is 122 Å². The highest BCUT2D eigenvalue weighted by atomic mass is 16.6. The minimum atomic E-state index is -0.806. The molecule has 0 N–H and O–H groups in total.